The topological polar surface area (TPSA) is 119 Å². The molecular weight excluding hydrogens is 540 g/mol. The Bertz CT molecular complexity index is 1250. The Morgan fingerprint density at radius 2 is 1.93 bits per heavy atom. The maximum Gasteiger partial charge on any atom is 0.409 e. The van der Waals surface area contributed by atoms with E-state index in [0.29, 0.717) is 11.4 Å². The zero-order valence-corrected chi connectivity index (χ0v) is 24.5. The summed E-state index contributed by atoms with van der Waals surface area (Å²) in [7, 11) is 6.17. The van der Waals surface area contributed by atoms with Crippen LogP contribution in [0.1, 0.15) is 38.9 Å². The first kappa shape index (κ1) is 30.1. The van der Waals surface area contributed by atoms with Gasteiger partial charge in [-0.05, 0) is 43.2 Å². The molecule has 3 aliphatic rings. The van der Waals surface area contributed by atoms with Gasteiger partial charge in [-0.25, -0.2) is 4.79 Å². The van der Waals surface area contributed by atoms with Crippen molar-refractivity contribution in [1.29, 1.82) is 0 Å². The van der Waals surface area contributed by atoms with Crippen molar-refractivity contribution in [2.75, 3.05) is 33.3 Å². The van der Waals surface area contributed by atoms with E-state index in [1.807, 2.05) is 26.8 Å². The Hall–Kier alpha value is -2.89. The van der Waals surface area contributed by atoms with Gasteiger partial charge >= 0.3 is 6.09 Å². The van der Waals surface area contributed by atoms with Crippen molar-refractivity contribution in [2.45, 2.75) is 62.9 Å². The molecule has 40 heavy (non-hydrogen) atoms. The van der Waals surface area contributed by atoms with Gasteiger partial charge < -0.3 is 33.7 Å². The Balaban J connectivity index is 1.81. The van der Waals surface area contributed by atoms with Gasteiger partial charge in [-0.2, -0.15) is 0 Å². The fourth-order valence-corrected chi connectivity index (χ4v) is 5.76. The molecule has 1 unspecified atom stereocenters. The lowest BCUT2D eigenvalue weighted by Gasteiger charge is -2.42. The fraction of sp³-hybridized carbons (Fsp3) is 0.517. The second-order valence-electron chi connectivity index (χ2n) is 10.6. The molecule has 3 aliphatic heterocycles. The van der Waals surface area contributed by atoms with E-state index in [-0.39, 0.29) is 29.4 Å². The number of alkyl carbamates (subject to hydrolysis) is 1. The molecule has 2 saturated heterocycles. The number of benzene rings is 1. The summed E-state index contributed by atoms with van der Waals surface area (Å²) < 4.78 is 28.4. The number of anilines is 1. The molecule has 4 bridgehead atoms. The Morgan fingerprint density at radius 1 is 1.20 bits per heavy atom. The first-order valence-corrected chi connectivity index (χ1v) is 13.4. The zero-order valence-electron chi connectivity index (χ0n) is 23.8. The number of likely N-dealkylation sites (N-methyl/N-ethyl adjacent to an activating group) is 1. The van der Waals surface area contributed by atoms with Crippen LogP contribution in [0.4, 0.5) is 10.5 Å². The van der Waals surface area contributed by atoms with E-state index < -0.39 is 35.7 Å². The molecule has 2 amide bonds. The highest BCUT2D eigenvalue weighted by atomic mass is 35.5. The van der Waals surface area contributed by atoms with Crippen LogP contribution in [-0.4, -0.2) is 75.1 Å². The highest BCUT2D eigenvalue weighted by Gasteiger charge is 2.58. The number of nitrogens with zero attached hydrogens (tertiary/aromatic N) is 1. The molecule has 10 nitrogen and oxygen atoms in total. The van der Waals surface area contributed by atoms with Crippen molar-refractivity contribution in [3.8, 4) is 5.75 Å². The van der Waals surface area contributed by atoms with Crippen molar-refractivity contribution < 1.29 is 38.4 Å². The van der Waals surface area contributed by atoms with Crippen LogP contribution in [0, 0.1) is 5.92 Å². The number of hydrogen-bond acceptors (Lipinski definition) is 8. The minimum absolute atomic E-state index is 0.0671. The number of fused-ring (bicyclic) bond motifs is 5. The Kier molecular flexibility index (Phi) is 8.68. The van der Waals surface area contributed by atoms with E-state index in [2.05, 4.69) is 5.32 Å². The van der Waals surface area contributed by atoms with Gasteiger partial charge in [-0.15, -0.1) is 0 Å². The average molecular weight is 577 g/mol. The lowest BCUT2D eigenvalue weighted by Crippen LogP contribution is -2.63. The predicted octanol–water partition coefficient (Wildman–Crippen LogP) is 4.07. The van der Waals surface area contributed by atoms with Gasteiger partial charge in [-0.3, -0.25) is 10.1 Å². The van der Waals surface area contributed by atoms with E-state index in [1.54, 1.807) is 44.5 Å². The molecule has 218 valence electrons. The summed E-state index contributed by atoms with van der Waals surface area (Å²) >= 11 is 6.63. The third-order valence-electron chi connectivity index (χ3n) is 7.87. The highest BCUT2D eigenvalue weighted by molar-refractivity contribution is 6.35. The zero-order chi connectivity index (χ0) is 29.4. The Labute approximate surface area is 239 Å². The van der Waals surface area contributed by atoms with Crippen LogP contribution in [0.15, 0.2) is 48.1 Å². The summed E-state index contributed by atoms with van der Waals surface area (Å²) in [5.74, 6) is -0.217. The van der Waals surface area contributed by atoms with Gasteiger partial charge in [0.25, 0.3) is 5.91 Å². The third kappa shape index (κ3) is 5.77. The molecule has 4 rings (SSSR count). The number of hydrogen-bond donors (Lipinski definition) is 2. The van der Waals surface area contributed by atoms with Gasteiger partial charge in [0.05, 0.1) is 18.9 Å². The van der Waals surface area contributed by atoms with Gasteiger partial charge in [0.1, 0.15) is 34.7 Å². The number of rotatable bonds is 3. The maximum atomic E-state index is 13.2. The molecule has 0 radical (unpaired) electrons. The summed E-state index contributed by atoms with van der Waals surface area (Å²) in [4.78, 5) is 27.2. The number of allylic oxidation sites excluding steroid dienone is 2. The molecule has 0 aliphatic carbocycles. The summed E-state index contributed by atoms with van der Waals surface area (Å²) in [6.45, 7) is 5.62. The molecule has 2 fully saturated rings. The molecule has 2 N–H and O–H groups in total. The summed E-state index contributed by atoms with van der Waals surface area (Å²) in [6, 6.07) is 3.55. The second-order valence-corrected chi connectivity index (χ2v) is 11.0. The second kappa shape index (κ2) is 11.5. The molecular formula is C29H37ClN2O8. The van der Waals surface area contributed by atoms with Gasteiger partial charge in [0.2, 0.25) is 0 Å². The van der Waals surface area contributed by atoms with Crippen LogP contribution >= 0.6 is 11.6 Å². The minimum atomic E-state index is -1.72. The van der Waals surface area contributed by atoms with Crippen LogP contribution in [0.25, 0.3) is 0 Å². The standard InChI is InChI=1S/C29H37ClN2O8/c1-16-9-8-10-22(37-6)29(35)15-21(39-27(34)31-29)17(2)26-28(3,40-26)12-11-23(33)32(4)19-13-18(25(16)38-7)14-20(36-5)24(19)30/h8-14,17,21-22,25-26,35H,15H2,1-7H3,(H,31,34)/b10-8+,12-11+,16-9+/t17-,21+,22-,25?,26+,28+,29+/m1/s1. The van der Waals surface area contributed by atoms with Crippen LogP contribution in [0.2, 0.25) is 5.02 Å². The Morgan fingerprint density at radius 3 is 2.58 bits per heavy atom. The molecule has 0 aromatic heterocycles. The molecule has 0 saturated carbocycles. The van der Waals surface area contributed by atoms with Crippen molar-refractivity contribution in [1.82, 2.24) is 5.32 Å². The number of nitrogens with one attached hydrogen (secondary N) is 1. The molecule has 3 heterocycles. The smallest absolute Gasteiger partial charge is 0.409 e. The number of aliphatic hydroxyl groups is 1. The van der Waals surface area contributed by atoms with Gasteiger partial charge in [0, 0.05) is 39.7 Å². The van der Waals surface area contributed by atoms with Gasteiger partial charge in [0.15, 0.2) is 5.72 Å². The number of halogens is 1. The minimum Gasteiger partial charge on any atom is -0.495 e. The lowest BCUT2D eigenvalue weighted by molar-refractivity contribution is -0.142. The van der Waals surface area contributed by atoms with E-state index in [1.165, 1.54) is 25.2 Å². The molecule has 11 heteroatoms. The largest absolute Gasteiger partial charge is 0.495 e. The molecule has 1 aromatic carbocycles. The predicted molar refractivity (Wildman–Crippen MR) is 149 cm³/mol. The summed E-state index contributed by atoms with van der Waals surface area (Å²) in [6.07, 6.45) is 5.27. The van der Waals surface area contributed by atoms with Gasteiger partial charge in [-0.1, -0.05) is 36.8 Å². The van der Waals surface area contributed by atoms with Crippen LogP contribution < -0.4 is 15.0 Å². The van der Waals surface area contributed by atoms with E-state index in [4.69, 9.17) is 35.3 Å². The van der Waals surface area contributed by atoms with Crippen molar-refractivity contribution in [3.05, 3.63) is 58.7 Å². The van der Waals surface area contributed by atoms with E-state index in [9.17, 15) is 14.7 Å². The SMILES string of the molecule is COc1cc2cc(c1Cl)N(C)C(=O)/C=C/[C@]1(C)O[C@H]1[C@H](C)[C@@H]1C[C@@](O)(NC(=O)O1)[C@H](OC)/C=C/C=C(\C)C2OC. The van der Waals surface area contributed by atoms with E-state index in [0.717, 1.165) is 11.1 Å². The monoisotopic (exact) mass is 576 g/mol. The average Bonchev–Trinajstić information content (AvgIpc) is 3.60. The van der Waals surface area contributed by atoms with Crippen molar-refractivity contribution >= 4 is 29.3 Å². The number of epoxide rings is 1. The molecule has 7 atom stereocenters. The summed E-state index contributed by atoms with van der Waals surface area (Å²) in [5, 5.41) is 14.3. The van der Waals surface area contributed by atoms with Crippen LogP contribution in [-0.2, 0) is 23.7 Å². The number of carbonyl (C=O) groups excluding carboxylic acids is 2. The number of carbonyl (C=O) groups is 2. The first-order valence-electron chi connectivity index (χ1n) is 13.0. The maximum absolute atomic E-state index is 13.2. The van der Waals surface area contributed by atoms with Crippen molar-refractivity contribution in [3.63, 3.8) is 0 Å². The lowest BCUT2D eigenvalue weighted by atomic mass is 9.85. The van der Waals surface area contributed by atoms with Crippen molar-refractivity contribution in [2.24, 2.45) is 5.92 Å². The number of amides is 2. The van der Waals surface area contributed by atoms with E-state index >= 15 is 0 Å². The summed E-state index contributed by atoms with van der Waals surface area (Å²) in [5.41, 5.74) is -0.497. The number of methoxy groups -OCH3 is 3. The third-order valence-corrected chi connectivity index (χ3v) is 8.25. The van der Waals surface area contributed by atoms with Crippen LogP contribution in [0.5, 0.6) is 5.75 Å². The highest BCUT2D eigenvalue weighted by Crippen LogP contribution is 2.46. The fourth-order valence-electron chi connectivity index (χ4n) is 5.45. The quantitative estimate of drug-likeness (QED) is 0.517. The normalized spacial score (nSPS) is 37.4. The number of ether oxygens (including phenoxy) is 5. The molecule has 0 spiro atoms. The molecule has 1 aromatic rings. The van der Waals surface area contributed by atoms with Crippen LogP contribution in [0.3, 0.4) is 0 Å². The first-order chi connectivity index (χ1) is 18.9.